The van der Waals surface area contributed by atoms with E-state index in [-0.39, 0.29) is 12.0 Å². The first-order valence-corrected chi connectivity index (χ1v) is 7.22. The van der Waals surface area contributed by atoms with Crippen LogP contribution in [-0.4, -0.2) is 29.0 Å². The van der Waals surface area contributed by atoms with Crippen LogP contribution in [0, 0.1) is 0 Å². The Kier molecular flexibility index (Phi) is 3.66. The number of methoxy groups -OCH3 is 1. The lowest BCUT2D eigenvalue weighted by Crippen LogP contribution is -2.38. The highest BCUT2D eigenvalue weighted by Crippen LogP contribution is 2.35. The Hall–Kier alpha value is -2.31. The molecule has 0 saturated carbocycles. The molecular weight excluding hydrogens is 300 g/mol. The molecule has 2 aromatic heterocycles. The fraction of sp³-hybridized carbons (Fsp3) is 0.353. The van der Waals surface area contributed by atoms with Gasteiger partial charge in [-0.2, -0.15) is 0 Å². The van der Waals surface area contributed by atoms with Crippen LogP contribution < -0.4 is 10.4 Å². The van der Waals surface area contributed by atoms with Crippen LogP contribution in [-0.2, 0) is 6.42 Å². The van der Waals surface area contributed by atoms with Gasteiger partial charge in [-0.15, -0.1) is 0 Å². The molecule has 0 aliphatic rings. The minimum Gasteiger partial charge on any atom is -0.495 e. The fourth-order valence-electron chi connectivity index (χ4n) is 2.51. The molecule has 0 saturated heterocycles. The number of aliphatic hydroxyl groups is 2. The summed E-state index contributed by atoms with van der Waals surface area (Å²) >= 11 is 0. The van der Waals surface area contributed by atoms with Crippen molar-refractivity contribution in [3.8, 4) is 5.75 Å². The molecule has 0 radical (unpaired) electrons. The van der Waals surface area contributed by atoms with Gasteiger partial charge >= 0.3 is 5.63 Å². The van der Waals surface area contributed by atoms with Crippen molar-refractivity contribution in [2.24, 2.45) is 0 Å². The van der Waals surface area contributed by atoms with E-state index < -0.39 is 17.3 Å². The van der Waals surface area contributed by atoms with Crippen molar-refractivity contribution >= 4 is 21.9 Å². The second-order valence-electron chi connectivity index (χ2n) is 6.09. The number of hydrogen-bond donors (Lipinski definition) is 2. The average Bonchev–Trinajstić information content (AvgIpc) is 2.92. The Morgan fingerprint density at radius 1 is 1.26 bits per heavy atom. The highest BCUT2D eigenvalue weighted by molar-refractivity contribution is 6.01. The van der Waals surface area contributed by atoms with Crippen molar-refractivity contribution in [3.05, 3.63) is 40.4 Å². The standard InChI is InChI=1S/C17H18O6/c1-17(2,20)14(18)7-9-6-11-13(23-16(9)19)8-12-10(4-5-22-12)15(11)21-3/h4-6,8,14,18,20H,7H2,1-3H3/t14-/m0/s1. The number of ether oxygens (including phenoxy) is 1. The van der Waals surface area contributed by atoms with Crippen LogP contribution in [0.25, 0.3) is 21.9 Å². The first-order valence-electron chi connectivity index (χ1n) is 7.22. The van der Waals surface area contributed by atoms with E-state index in [0.29, 0.717) is 22.3 Å². The van der Waals surface area contributed by atoms with Crippen LogP contribution in [0.5, 0.6) is 5.75 Å². The van der Waals surface area contributed by atoms with Crippen molar-refractivity contribution in [2.45, 2.75) is 32.0 Å². The summed E-state index contributed by atoms with van der Waals surface area (Å²) in [6.45, 7) is 2.96. The molecule has 1 atom stereocenters. The quantitative estimate of drug-likeness (QED) is 0.717. The monoisotopic (exact) mass is 318 g/mol. The van der Waals surface area contributed by atoms with E-state index in [1.54, 1.807) is 18.2 Å². The van der Waals surface area contributed by atoms with Gasteiger partial charge < -0.3 is 23.8 Å². The molecule has 0 fully saturated rings. The van der Waals surface area contributed by atoms with Gasteiger partial charge in [0.15, 0.2) is 0 Å². The smallest absolute Gasteiger partial charge is 0.339 e. The van der Waals surface area contributed by atoms with Crippen molar-refractivity contribution in [3.63, 3.8) is 0 Å². The molecule has 0 amide bonds. The number of furan rings is 1. The minimum atomic E-state index is -1.32. The Labute approximate surface area is 131 Å². The van der Waals surface area contributed by atoms with E-state index in [4.69, 9.17) is 13.6 Å². The van der Waals surface area contributed by atoms with Crippen LogP contribution in [0.15, 0.2) is 38.1 Å². The zero-order valence-corrected chi connectivity index (χ0v) is 13.1. The van der Waals surface area contributed by atoms with E-state index in [1.807, 2.05) is 0 Å². The van der Waals surface area contributed by atoms with Gasteiger partial charge in [0.25, 0.3) is 0 Å². The summed E-state index contributed by atoms with van der Waals surface area (Å²) in [6.07, 6.45) is 0.420. The predicted molar refractivity (Wildman–Crippen MR) is 84.8 cm³/mol. The van der Waals surface area contributed by atoms with E-state index in [9.17, 15) is 15.0 Å². The zero-order chi connectivity index (χ0) is 16.8. The lowest BCUT2D eigenvalue weighted by Gasteiger charge is -2.24. The van der Waals surface area contributed by atoms with Crippen molar-refractivity contribution in [1.29, 1.82) is 0 Å². The molecule has 0 unspecified atom stereocenters. The van der Waals surface area contributed by atoms with Gasteiger partial charge in [-0.3, -0.25) is 0 Å². The van der Waals surface area contributed by atoms with Gasteiger partial charge in [-0.25, -0.2) is 4.79 Å². The third-order valence-electron chi connectivity index (χ3n) is 3.93. The fourth-order valence-corrected chi connectivity index (χ4v) is 2.51. The molecule has 0 aliphatic heterocycles. The SMILES string of the molecule is COc1c2ccoc2cc2oc(=O)c(C[C@H](O)C(C)(C)O)cc12. The Balaban J connectivity index is 2.20. The maximum Gasteiger partial charge on any atom is 0.339 e. The number of benzene rings is 1. The summed E-state index contributed by atoms with van der Waals surface area (Å²) in [7, 11) is 1.53. The highest BCUT2D eigenvalue weighted by atomic mass is 16.5. The molecule has 0 spiro atoms. The molecule has 23 heavy (non-hydrogen) atoms. The molecule has 122 valence electrons. The van der Waals surface area contributed by atoms with Gasteiger partial charge in [-0.05, 0) is 26.0 Å². The Morgan fingerprint density at radius 3 is 2.65 bits per heavy atom. The van der Waals surface area contributed by atoms with E-state index in [2.05, 4.69) is 0 Å². The third-order valence-corrected chi connectivity index (χ3v) is 3.93. The van der Waals surface area contributed by atoms with Gasteiger partial charge in [0.1, 0.15) is 16.9 Å². The van der Waals surface area contributed by atoms with Gasteiger partial charge in [0.2, 0.25) is 0 Å². The maximum absolute atomic E-state index is 12.1. The van der Waals surface area contributed by atoms with Crippen molar-refractivity contribution in [2.75, 3.05) is 7.11 Å². The number of aliphatic hydroxyl groups excluding tert-OH is 1. The molecule has 0 bridgehead atoms. The minimum absolute atomic E-state index is 0.0195. The summed E-state index contributed by atoms with van der Waals surface area (Å²) in [6, 6.07) is 5.02. The summed E-state index contributed by atoms with van der Waals surface area (Å²) in [4.78, 5) is 12.1. The first kappa shape index (κ1) is 15.6. The topological polar surface area (TPSA) is 93.0 Å². The van der Waals surface area contributed by atoms with Crippen LogP contribution >= 0.6 is 0 Å². The van der Waals surface area contributed by atoms with Crippen LogP contribution in [0.3, 0.4) is 0 Å². The van der Waals surface area contributed by atoms with E-state index in [0.717, 1.165) is 5.39 Å². The lowest BCUT2D eigenvalue weighted by molar-refractivity contribution is -0.0472. The van der Waals surface area contributed by atoms with Crippen LogP contribution in [0.4, 0.5) is 0 Å². The van der Waals surface area contributed by atoms with Crippen molar-refractivity contribution in [1.82, 2.24) is 0 Å². The normalized spacial score (nSPS) is 13.6. The maximum atomic E-state index is 12.1. The molecule has 3 rings (SSSR count). The van der Waals surface area contributed by atoms with Crippen LogP contribution in [0.2, 0.25) is 0 Å². The highest BCUT2D eigenvalue weighted by Gasteiger charge is 2.26. The first-order chi connectivity index (χ1) is 10.8. The molecular formula is C17H18O6. The molecule has 0 aliphatic carbocycles. The number of hydrogen-bond acceptors (Lipinski definition) is 6. The molecule has 2 heterocycles. The predicted octanol–water partition coefficient (Wildman–Crippen LogP) is 2.22. The second-order valence-corrected chi connectivity index (χ2v) is 6.09. The molecule has 6 heteroatoms. The number of rotatable bonds is 4. The molecule has 6 nitrogen and oxygen atoms in total. The summed E-state index contributed by atoms with van der Waals surface area (Å²) in [5, 5.41) is 21.2. The zero-order valence-electron chi connectivity index (χ0n) is 13.1. The summed E-state index contributed by atoms with van der Waals surface area (Å²) in [5.41, 5.74) is -0.709. The Morgan fingerprint density at radius 2 is 2.00 bits per heavy atom. The lowest BCUT2D eigenvalue weighted by atomic mass is 9.95. The molecule has 2 N–H and O–H groups in total. The van der Waals surface area contributed by atoms with Crippen molar-refractivity contribution < 1.29 is 23.8 Å². The van der Waals surface area contributed by atoms with E-state index in [1.165, 1.54) is 27.2 Å². The molecule has 1 aromatic carbocycles. The van der Waals surface area contributed by atoms with Gasteiger partial charge in [-0.1, -0.05) is 0 Å². The van der Waals surface area contributed by atoms with Gasteiger partial charge in [0, 0.05) is 18.1 Å². The Bertz CT molecular complexity index is 912. The number of fused-ring (bicyclic) bond motifs is 2. The molecule has 3 aromatic rings. The second kappa shape index (κ2) is 5.40. The summed E-state index contributed by atoms with van der Waals surface area (Å²) in [5.74, 6) is 0.536. The van der Waals surface area contributed by atoms with Gasteiger partial charge in [0.05, 0.1) is 35.9 Å². The third kappa shape index (κ3) is 2.71. The summed E-state index contributed by atoms with van der Waals surface area (Å²) < 4.78 is 16.1. The van der Waals surface area contributed by atoms with E-state index >= 15 is 0 Å². The largest absolute Gasteiger partial charge is 0.495 e. The average molecular weight is 318 g/mol. The van der Waals surface area contributed by atoms with Crippen LogP contribution in [0.1, 0.15) is 19.4 Å².